The van der Waals surface area contributed by atoms with Crippen LogP contribution in [0.2, 0.25) is 0 Å². The number of pyridine rings is 1. The van der Waals surface area contributed by atoms with Crippen molar-refractivity contribution in [3.63, 3.8) is 0 Å². The van der Waals surface area contributed by atoms with Crippen LogP contribution in [-0.4, -0.2) is 53.7 Å². The van der Waals surface area contributed by atoms with Gasteiger partial charge in [-0.1, -0.05) is 54.6 Å². The number of Topliss-reactive ketones (excluding diaryl/α,β-unsaturated/α-hetero) is 1. The molecule has 2 atom stereocenters. The zero-order chi connectivity index (χ0) is 24.6. The molecule has 0 spiro atoms. The zero-order valence-corrected chi connectivity index (χ0v) is 20.4. The molecule has 0 saturated carbocycles. The van der Waals surface area contributed by atoms with E-state index >= 15 is 0 Å². The van der Waals surface area contributed by atoms with Crippen LogP contribution in [0.15, 0.2) is 66.7 Å². The van der Waals surface area contributed by atoms with Gasteiger partial charge in [-0.3, -0.25) is 14.7 Å². The summed E-state index contributed by atoms with van der Waals surface area (Å²) in [6.45, 7) is 3.11. The van der Waals surface area contributed by atoms with Crippen LogP contribution in [0.1, 0.15) is 41.3 Å². The highest BCUT2D eigenvalue weighted by atomic mass is 16.6. The summed E-state index contributed by atoms with van der Waals surface area (Å²) in [6, 6.07) is 22.2. The van der Waals surface area contributed by atoms with Gasteiger partial charge in [0, 0.05) is 29.6 Å². The zero-order valence-electron chi connectivity index (χ0n) is 20.4. The Balaban J connectivity index is 1.13. The predicted molar refractivity (Wildman–Crippen MR) is 136 cm³/mol. The van der Waals surface area contributed by atoms with Gasteiger partial charge < -0.3 is 9.47 Å². The van der Waals surface area contributed by atoms with Crippen LogP contribution in [0.4, 0.5) is 4.79 Å². The topological polar surface area (TPSA) is 68.7 Å². The normalized spacial score (nSPS) is 22.6. The number of hydrogen-bond acceptors (Lipinski definition) is 5. The third-order valence-corrected chi connectivity index (χ3v) is 7.82. The number of rotatable bonds is 5. The van der Waals surface area contributed by atoms with Crippen molar-refractivity contribution in [2.45, 2.75) is 44.2 Å². The second-order valence-corrected chi connectivity index (χ2v) is 10.1. The number of piperidine rings is 1. The lowest BCUT2D eigenvalue weighted by Gasteiger charge is -2.47. The minimum Gasteiger partial charge on any atom is -0.448 e. The highest BCUT2D eigenvalue weighted by Gasteiger charge is 2.44. The van der Waals surface area contributed by atoms with E-state index in [1.54, 1.807) is 0 Å². The average Bonchev–Trinajstić information content (AvgIpc) is 3.20. The molecule has 2 fully saturated rings. The molecule has 3 aromatic rings. The highest BCUT2D eigenvalue weighted by molar-refractivity contribution is 5.83. The summed E-state index contributed by atoms with van der Waals surface area (Å²) in [4.78, 5) is 32.8. The van der Waals surface area contributed by atoms with E-state index in [-0.39, 0.29) is 35.8 Å². The summed E-state index contributed by atoms with van der Waals surface area (Å²) < 4.78 is 11.7. The molecule has 6 rings (SSSR count). The number of hydrogen-bond donors (Lipinski definition) is 0. The van der Waals surface area contributed by atoms with E-state index in [4.69, 9.17) is 9.47 Å². The number of carbonyl (C=O) groups excluding carboxylic acids is 2. The molecule has 184 valence electrons. The van der Waals surface area contributed by atoms with E-state index in [1.165, 1.54) is 22.3 Å². The quantitative estimate of drug-likeness (QED) is 0.516. The molecular formula is C30H30N2O4. The number of ketones is 1. The van der Waals surface area contributed by atoms with Crippen molar-refractivity contribution in [1.29, 1.82) is 0 Å². The lowest BCUT2D eigenvalue weighted by atomic mass is 9.81. The third-order valence-electron chi connectivity index (χ3n) is 7.82. The smallest absolute Gasteiger partial charge is 0.410 e. The first-order chi connectivity index (χ1) is 17.6. The Bertz CT molecular complexity index is 1250. The van der Waals surface area contributed by atoms with Gasteiger partial charge in [0.05, 0.1) is 25.3 Å². The Hall–Kier alpha value is -3.51. The number of aromatic nitrogens is 1. The molecule has 2 saturated heterocycles. The van der Waals surface area contributed by atoms with Crippen LogP contribution in [0.3, 0.4) is 0 Å². The van der Waals surface area contributed by atoms with Crippen LogP contribution in [-0.2, 0) is 20.7 Å². The number of nitrogens with zero attached hydrogens (tertiary/aromatic N) is 2. The van der Waals surface area contributed by atoms with Crippen molar-refractivity contribution in [3.05, 3.63) is 89.2 Å². The maximum Gasteiger partial charge on any atom is 0.410 e. The second-order valence-electron chi connectivity index (χ2n) is 10.1. The predicted octanol–water partition coefficient (Wildman–Crippen LogP) is 4.93. The molecule has 3 heterocycles. The van der Waals surface area contributed by atoms with Gasteiger partial charge in [-0.2, -0.15) is 0 Å². The number of carbonyl (C=O) groups is 2. The number of aryl methyl sites for hydroxylation is 1. The molecular weight excluding hydrogens is 452 g/mol. The monoisotopic (exact) mass is 482 g/mol. The maximum atomic E-state index is 13.4. The first-order valence-corrected chi connectivity index (χ1v) is 12.7. The Labute approximate surface area is 211 Å². The van der Waals surface area contributed by atoms with E-state index < -0.39 is 0 Å². The first kappa shape index (κ1) is 22.9. The maximum absolute atomic E-state index is 13.4. The molecule has 1 aromatic heterocycles. The van der Waals surface area contributed by atoms with Crippen LogP contribution in [0.5, 0.6) is 0 Å². The van der Waals surface area contributed by atoms with E-state index in [1.807, 2.05) is 54.3 Å². The largest absolute Gasteiger partial charge is 0.448 e. The van der Waals surface area contributed by atoms with Crippen molar-refractivity contribution in [2.75, 3.05) is 19.8 Å². The number of amides is 1. The lowest BCUT2D eigenvalue weighted by molar-refractivity contribution is -0.130. The number of ether oxygens (including phenoxy) is 2. The molecule has 1 amide bonds. The summed E-state index contributed by atoms with van der Waals surface area (Å²) in [5.74, 6) is 0.124. The van der Waals surface area contributed by atoms with Crippen LogP contribution in [0.25, 0.3) is 11.1 Å². The molecule has 2 bridgehead atoms. The van der Waals surface area contributed by atoms with Crippen LogP contribution >= 0.6 is 0 Å². The molecule has 6 nitrogen and oxygen atoms in total. The minimum atomic E-state index is -0.304. The fraction of sp³-hybridized carbons (Fsp3) is 0.367. The van der Waals surface area contributed by atoms with Crippen molar-refractivity contribution in [1.82, 2.24) is 9.88 Å². The summed E-state index contributed by atoms with van der Waals surface area (Å²) in [6.07, 6.45) is 1.23. The summed E-state index contributed by atoms with van der Waals surface area (Å²) >= 11 is 0. The summed E-state index contributed by atoms with van der Waals surface area (Å²) in [7, 11) is 0. The number of morpholine rings is 1. The van der Waals surface area contributed by atoms with Gasteiger partial charge in [0.2, 0.25) is 0 Å². The Kier molecular flexibility index (Phi) is 6.05. The van der Waals surface area contributed by atoms with Crippen molar-refractivity contribution in [2.24, 2.45) is 5.92 Å². The van der Waals surface area contributed by atoms with Gasteiger partial charge in [0.1, 0.15) is 12.4 Å². The van der Waals surface area contributed by atoms with Crippen LogP contribution < -0.4 is 0 Å². The average molecular weight is 483 g/mol. The van der Waals surface area contributed by atoms with Gasteiger partial charge in [-0.05, 0) is 54.2 Å². The minimum absolute atomic E-state index is 0.0263. The van der Waals surface area contributed by atoms with Crippen molar-refractivity contribution >= 4 is 11.9 Å². The Morgan fingerprint density at radius 3 is 2.19 bits per heavy atom. The molecule has 3 aliphatic rings. The molecule has 1 aliphatic carbocycles. The van der Waals surface area contributed by atoms with Gasteiger partial charge in [-0.25, -0.2) is 4.79 Å². The van der Waals surface area contributed by atoms with E-state index in [9.17, 15) is 9.59 Å². The Morgan fingerprint density at radius 1 is 0.917 bits per heavy atom. The summed E-state index contributed by atoms with van der Waals surface area (Å²) in [5.41, 5.74) is 6.54. The number of fused-ring (bicyclic) bond motifs is 5. The van der Waals surface area contributed by atoms with Crippen molar-refractivity contribution < 1.29 is 19.1 Å². The molecule has 2 unspecified atom stereocenters. The lowest BCUT2D eigenvalue weighted by Crippen LogP contribution is -2.60. The third kappa shape index (κ3) is 4.20. The fourth-order valence-corrected chi connectivity index (χ4v) is 6.17. The standard InChI is InChI=1S/C30H30N2O4/c1-19-7-6-8-21(31-19)15-29(33)20-13-22-16-35-17-23(14-20)32(22)30(34)36-18-28-26-11-4-2-9-24(26)25-10-3-5-12-27(25)28/h2-12,20,22-23,28H,13-18H2,1H3. The Morgan fingerprint density at radius 2 is 1.56 bits per heavy atom. The van der Waals surface area contributed by atoms with Gasteiger partial charge in [0.15, 0.2) is 0 Å². The second kappa shape index (κ2) is 9.51. The molecule has 0 N–H and O–H groups in total. The molecule has 2 aromatic carbocycles. The molecule has 6 heteroatoms. The van der Waals surface area contributed by atoms with E-state index in [0.29, 0.717) is 39.1 Å². The molecule has 0 radical (unpaired) electrons. The van der Waals surface area contributed by atoms with Gasteiger partial charge in [0.25, 0.3) is 0 Å². The first-order valence-electron chi connectivity index (χ1n) is 12.7. The molecule has 36 heavy (non-hydrogen) atoms. The fourth-order valence-electron chi connectivity index (χ4n) is 6.17. The number of benzene rings is 2. The van der Waals surface area contributed by atoms with Gasteiger partial charge >= 0.3 is 6.09 Å². The van der Waals surface area contributed by atoms with Crippen LogP contribution in [0, 0.1) is 12.8 Å². The van der Waals surface area contributed by atoms with E-state index in [2.05, 4.69) is 29.2 Å². The highest BCUT2D eigenvalue weighted by Crippen LogP contribution is 2.44. The van der Waals surface area contributed by atoms with Crippen molar-refractivity contribution in [3.8, 4) is 11.1 Å². The molecule has 2 aliphatic heterocycles. The van der Waals surface area contributed by atoms with E-state index in [0.717, 1.165) is 11.4 Å². The van der Waals surface area contributed by atoms with Gasteiger partial charge in [-0.15, -0.1) is 0 Å². The summed E-state index contributed by atoms with van der Waals surface area (Å²) in [5, 5.41) is 0. The SMILES string of the molecule is Cc1cccc(CC(=O)C2CC3COCC(C2)N3C(=O)OCC2c3ccccc3-c3ccccc32)n1.